The molecule has 170 valence electrons. The molecule has 0 bridgehead atoms. The molecule has 0 unspecified atom stereocenters. The van der Waals surface area contributed by atoms with E-state index in [0.717, 1.165) is 37.1 Å². The van der Waals surface area contributed by atoms with Crippen LogP contribution in [0.5, 0.6) is 0 Å². The normalized spacial score (nSPS) is 20.0. The summed E-state index contributed by atoms with van der Waals surface area (Å²) in [5.74, 6) is 0.735. The zero-order valence-electron chi connectivity index (χ0n) is 19.4. The van der Waals surface area contributed by atoms with Gasteiger partial charge in [-0.05, 0) is 91.9 Å². The van der Waals surface area contributed by atoms with E-state index in [2.05, 4.69) is 46.6 Å². The minimum atomic E-state index is 0.0246. The predicted molar refractivity (Wildman–Crippen MR) is 136 cm³/mol. The Morgan fingerprint density at radius 1 is 0.848 bits per heavy atom. The standard InChI is InChI=1S/C30H34N2O/c33-30(26-16-14-24(15-17-26)23-9-2-1-3-10-23)31-20-6-7-21-32-22-8-13-28-27-12-5-4-11-25(27)18-19-29(28)32/h1-5,9-12,14-17,28-29H,6-8,13,18-22H2,(H,31,33)/t28-,29+/m0/s1. The first-order valence-corrected chi connectivity index (χ1v) is 12.5. The van der Waals surface area contributed by atoms with Crippen LogP contribution in [0.4, 0.5) is 0 Å². The third kappa shape index (κ3) is 5.04. The number of nitrogens with zero attached hydrogens (tertiary/aromatic N) is 1. The van der Waals surface area contributed by atoms with Crippen LogP contribution in [-0.4, -0.2) is 36.5 Å². The fourth-order valence-corrected chi connectivity index (χ4v) is 5.77. The van der Waals surface area contributed by atoms with Crippen LogP contribution in [0.15, 0.2) is 78.9 Å². The van der Waals surface area contributed by atoms with Gasteiger partial charge in [-0.2, -0.15) is 0 Å². The van der Waals surface area contributed by atoms with E-state index in [9.17, 15) is 4.79 Å². The van der Waals surface area contributed by atoms with Crippen LogP contribution < -0.4 is 5.32 Å². The maximum atomic E-state index is 12.5. The Hall–Kier alpha value is -2.91. The lowest BCUT2D eigenvalue weighted by molar-refractivity contribution is 0.0948. The Morgan fingerprint density at radius 3 is 2.45 bits per heavy atom. The third-order valence-corrected chi connectivity index (χ3v) is 7.47. The summed E-state index contributed by atoms with van der Waals surface area (Å²) in [6, 6.07) is 27.9. The molecule has 0 spiro atoms. The molecule has 3 aromatic rings. The van der Waals surface area contributed by atoms with Crippen molar-refractivity contribution >= 4 is 5.91 Å². The molecule has 0 radical (unpaired) electrons. The molecule has 33 heavy (non-hydrogen) atoms. The SMILES string of the molecule is O=C(NCCCCN1CCC[C@H]2c3ccccc3CC[C@H]21)c1ccc(-c2ccccc2)cc1. The van der Waals surface area contributed by atoms with Crippen molar-refractivity contribution in [3.63, 3.8) is 0 Å². The summed E-state index contributed by atoms with van der Waals surface area (Å²) in [6.07, 6.45) is 7.29. The van der Waals surface area contributed by atoms with Crippen molar-refractivity contribution in [1.82, 2.24) is 10.2 Å². The number of carbonyl (C=O) groups excluding carboxylic acids is 1. The van der Waals surface area contributed by atoms with Crippen molar-refractivity contribution in [3.8, 4) is 11.1 Å². The van der Waals surface area contributed by atoms with E-state index in [4.69, 9.17) is 0 Å². The van der Waals surface area contributed by atoms with Gasteiger partial charge in [-0.15, -0.1) is 0 Å². The van der Waals surface area contributed by atoms with Gasteiger partial charge in [0.2, 0.25) is 0 Å². The van der Waals surface area contributed by atoms with E-state index in [0.29, 0.717) is 12.0 Å². The van der Waals surface area contributed by atoms with Gasteiger partial charge in [0.05, 0.1) is 0 Å². The quantitative estimate of drug-likeness (QED) is 0.455. The smallest absolute Gasteiger partial charge is 0.251 e. The number of unbranched alkanes of at least 4 members (excludes halogenated alkanes) is 1. The highest BCUT2D eigenvalue weighted by Gasteiger charge is 2.35. The van der Waals surface area contributed by atoms with Crippen LogP contribution in [0.3, 0.4) is 0 Å². The molecule has 1 aliphatic heterocycles. The second-order valence-corrected chi connectivity index (χ2v) is 9.50. The van der Waals surface area contributed by atoms with E-state index >= 15 is 0 Å². The van der Waals surface area contributed by atoms with Crippen molar-refractivity contribution in [2.45, 2.75) is 50.5 Å². The molecule has 3 heteroatoms. The van der Waals surface area contributed by atoms with E-state index in [1.807, 2.05) is 42.5 Å². The Labute approximate surface area is 197 Å². The molecule has 1 saturated heterocycles. The number of hydrogen-bond donors (Lipinski definition) is 1. The van der Waals surface area contributed by atoms with Gasteiger partial charge in [-0.1, -0.05) is 66.7 Å². The summed E-state index contributed by atoms with van der Waals surface area (Å²) in [5.41, 5.74) is 6.21. The number of amides is 1. The molecular formula is C30H34N2O. The average molecular weight is 439 g/mol. The summed E-state index contributed by atoms with van der Waals surface area (Å²) in [4.78, 5) is 15.3. The molecule has 1 aliphatic carbocycles. The highest BCUT2D eigenvalue weighted by Crippen LogP contribution is 2.40. The molecule has 3 nitrogen and oxygen atoms in total. The van der Waals surface area contributed by atoms with E-state index < -0.39 is 0 Å². The van der Waals surface area contributed by atoms with Crippen molar-refractivity contribution in [2.75, 3.05) is 19.6 Å². The monoisotopic (exact) mass is 438 g/mol. The molecule has 0 aromatic heterocycles. The van der Waals surface area contributed by atoms with Crippen LogP contribution in [0.1, 0.15) is 59.5 Å². The maximum absolute atomic E-state index is 12.5. The highest BCUT2D eigenvalue weighted by molar-refractivity contribution is 5.94. The fourth-order valence-electron chi connectivity index (χ4n) is 5.77. The summed E-state index contributed by atoms with van der Waals surface area (Å²) in [5, 5.41) is 3.11. The van der Waals surface area contributed by atoms with Gasteiger partial charge >= 0.3 is 0 Å². The second kappa shape index (κ2) is 10.4. The van der Waals surface area contributed by atoms with Crippen LogP contribution in [0.25, 0.3) is 11.1 Å². The van der Waals surface area contributed by atoms with Crippen LogP contribution in [-0.2, 0) is 6.42 Å². The Balaban J connectivity index is 1.07. The Bertz CT molecular complexity index is 1060. The molecule has 1 amide bonds. The van der Waals surface area contributed by atoms with Crippen molar-refractivity contribution in [3.05, 3.63) is 95.6 Å². The molecule has 2 atom stereocenters. The number of rotatable bonds is 7. The maximum Gasteiger partial charge on any atom is 0.251 e. The summed E-state index contributed by atoms with van der Waals surface area (Å²) < 4.78 is 0. The van der Waals surface area contributed by atoms with Gasteiger partial charge in [-0.25, -0.2) is 0 Å². The number of carbonyl (C=O) groups is 1. The number of hydrogen-bond acceptors (Lipinski definition) is 2. The lowest BCUT2D eigenvalue weighted by Crippen LogP contribution is -2.46. The number of piperidine rings is 1. The van der Waals surface area contributed by atoms with Crippen LogP contribution in [0.2, 0.25) is 0 Å². The van der Waals surface area contributed by atoms with E-state index in [-0.39, 0.29) is 5.91 Å². The zero-order chi connectivity index (χ0) is 22.5. The van der Waals surface area contributed by atoms with E-state index in [1.165, 1.54) is 37.8 Å². The van der Waals surface area contributed by atoms with Gasteiger partial charge in [-0.3, -0.25) is 9.69 Å². The summed E-state index contributed by atoms with van der Waals surface area (Å²) in [7, 11) is 0. The zero-order valence-corrected chi connectivity index (χ0v) is 19.4. The van der Waals surface area contributed by atoms with Gasteiger partial charge in [0.1, 0.15) is 0 Å². The van der Waals surface area contributed by atoms with Crippen LogP contribution in [0, 0.1) is 0 Å². The van der Waals surface area contributed by atoms with Crippen molar-refractivity contribution < 1.29 is 4.79 Å². The summed E-state index contributed by atoms with van der Waals surface area (Å²) in [6.45, 7) is 3.11. The first-order chi connectivity index (χ1) is 16.3. The molecule has 0 saturated carbocycles. The molecule has 1 fully saturated rings. The predicted octanol–water partition coefficient (Wildman–Crippen LogP) is 6.06. The topological polar surface area (TPSA) is 32.3 Å². The Kier molecular flexibility index (Phi) is 6.87. The van der Waals surface area contributed by atoms with Crippen molar-refractivity contribution in [1.29, 1.82) is 0 Å². The largest absolute Gasteiger partial charge is 0.352 e. The van der Waals surface area contributed by atoms with Gasteiger partial charge in [0.15, 0.2) is 0 Å². The number of likely N-dealkylation sites (tertiary alicyclic amines) is 1. The molecule has 1 heterocycles. The lowest BCUT2D eigenvalue weighted by atomic mass is 9.74. The number of aryl methyl sites for hydroxylation is 1. The highest BCUT2D eigenvalue weighted by atomic mass is 16.1. The molecule has 3 aromatic carbocycles. The van der Waals surface area contributed by atoms with Gasteiger partial charge in [0.25, 0.3) is 5.91 Å². The Morgan fingerprint density at radius 2 is 1.61 bits per heavy atom. The number of benzene rings is 3. The first kappa shape index (κ1) is 21.9. The number of nitrogens with one attached hydrogen (secondary N) is 1. The molecule has 5 rings (SSSR count). The molecular weight excluding hydrogens is 404 g/mol. The van der Waals surface area contributed by atoms with Crippen LogP contribution >= 0.6 is 0 Å². The lowest BCUT2D eigenvalue weighted by Gasteiger charge is -2.45. The minimum Gasteiger partial charge on any atom is -0.352 e. The second-order valence-electron chi connectivity index (χ2n) is 9.50. The van der Waals surface area contributed by atoms with Crippen molar-refractivity contribution in [2.24, 2.45) is 0 Å². The fraction of sp³-hybridized carbons (Fsp3) is 0.367. The minimum absolute atomic E-state index is 0.0246. The first-order valence-electron chi connectivity index (χ1n) is 12.5. The summed E-state index contributed by atoms with van der Waals surface area (Å²) >= 11 is 0. The molecule has 2 aliphatic rings. The van der Waals surface area contributed by atoms with Gasteiger partial charge < -0.3 is 5.32 Å². The van der Waals surface area contributed by atoms with Gasteiger partial charge in [0, 0.05) is 18.2 Å². The van der Waals surface area contributed by atoms with E-state index in [1.54, 1.807) is 11.1 Å². The average Bonchev–Trinajstić information content (AvgIpc) is 2.89. The molecule has 1 N–H and O–H groups in total. The third-order valence-electron chi connectivity index (χ3n) is 7.47. The number of fused-ring (bicyclic) bond motifs is 3.